The van der Waals surface area contributed by atoms with Crippen molar-refractivity contribution in [1.82, 2.24) is 10.1 Å². The van der Waals surface area contributed by atoms with E-state index in [1.165, 1.54) is 0 Å². The second kappa shape index (κ2) is 3.84. The Hall–Kier alpha value is -1.65. The average Bonchev–Trinajstić information content (AvgIpc) is 2.65. The highest BCUT2D eigenvalue weighted by atomic mass is 16.5. The lowest BCUT2D eigenvalue weighted by atomic mass is 9.83. The van der Waals surface area contributed by atoms with Crippen LogP contribution in [0.15, 0.2) is 16.7 Å². The van der Waals surface area contributed by atoms with Gasteiger partial charge in [-0.3, -0.25) is 4.79 Å². The van der Waals surface area contributed by atoms with Gasteiger partial charge < -0.3 is 9.63 Å². The van der Waals surface area contributed by atoms with E-state index in [4.69, 9.17) is 9.63 Å². The Morgan fingerprint density at radius 1 is 1.53 bits per heavy atom. The summed E-state index contributed by atoms with van der Waals surface area (Å²) in [6.45, 7) is 1.72. The quantitative estimate of drug-likeness (QED) is 0.745. The number of allylic oxidation sites excluding steroid dienone is 2. The number of aromatic nitrogens is 2. The first-order chi connectivity index (χ1) is 7.18. The molecule has 5 heteroatoms. The van der Waals surface area contributed by atoms with E-state index in [2.05, 4.69) is 10.1 Å². The Morgan fingerprint density at radius 3 is 2.87 bits per heavy atom. The Bertz CT molecular complexity index is 397. The van der Waals surface area contributed by atoms with E-state index in [-0.39, 0.29) is 5.92 Å². The molecule has 80 valence electrons. The monoisotopic (exact) mass is 208 g/mol. The molecular weight excluding hydrogens is 196 g/mol. The molecule has 0 saturated carbocycles. The summed E-state index contributed by atoms with van der Waals surface area (Å²) in [5.41, 5.74) is 0. The summed E-state index contributed by atoms with van der Waals surface area (Å²) < 4.78 is 5.03. The summed E-state index contributed by atoms with van der Waals surface area (Å²) in [5.74, 6) is -0.461. The molecule has 2 unspecified atom stereocenters. The predicted octanol–water partition coefficient (Wildman–Crippen LogP) is 1.51. The smallest absolute Gasteiger partial charge is 0.307 e. The van der Waals surface area contributed by atoms with Gasteiger partial charge in [-0.25, -0.2) is 0 Å². The second-order valence-corrected chi connectivity index (χ2v) is 3.67. The van der Waals surface area contributed by atoms with Gasteiger partial charge in [-0.2, -0.15) is 4.98 Å². The lowest BCUT2D eigenvalue weighted by Crippen LogP contribution is -2.23. The fourth-order valence-corrected chi connectivity index (χ4v) is 1.82. The highest BCUT2D eigenvalue weighted by Crippen LogP contribution is 2.33. The zero-order chi connectivity index (χ0) is 10.8. The van der Waals surface area contributed by atoms with Crippen molar-refractivity contribution in [2.75, 3.05) is 0 Å². The fraction of sp³-hybridized carbons (Fsp3) is 0.500. The molecule has 1 heterocycles. The van der Waals surface area contributed by atoms with Crippen molar-refractivity contribution in [3.63, 3.8) is 0 Å². The zero-order valence-corrected chi connectivity index (χ0v) is 8.38. The molecule has 0 amide bonds. The normalized spacial score (nSPS) is 25.4. The minimum absolute atomic E-state index is 0.186. The van der Waals surface area contributed by atoms with Gasteiger partial charge in [-0.1, -0.05) is 17.3 Å². The molecule has 0 saturated heterocycles. The van der Waals surface area contributed by atoms with E-state index in [1.54, 1.807) is 6.92 Å². The number of nitrogens with zero attached hydrogens (tertiary/aromatic N) is 2. The Balaban J connectivity index is 2.26. The maximum absolute atomic E-state index is 11.0. The lowest BCUT2D eigenvalue weighted by Gasteiger charge is -2.21. The van der Waals surface area contributed by atoms with Crippen molar-refractivity contribution in [2.24, 2.45) is 5.92 Å². The highest BCUT2D eigenvalue weighted by molar-refractivity contribution is 5.71. The molecule has 2 rings (SSSR count). The second-order valence-electron chi connectivity index (χ2n) is 3.67. The van der Waals surface area contributed by atoms with Crippen LogP contribution in [0.5, 0.6) is 0 Å². The van der Waals surface area contributed by atoms with Crippen LogP contribution in [0.1, 0.15) is 30.5 Å². The summed E-state index contributed by atoms with van der Waals surface area (Å²) in [7, 11) is 0. The third-order valence-electron chi connectivity index (χ3n) is 2.61. The van der Waals surface area contributed by atoms with Crippen LogP contribution in [0.2, 0.25) is 0 Å². The molecule has 0 aromatic carbocycles. The van der Waals surface area contributed by atoms with Crippen LogP contribution in [-0.2, 0) is 4.79 Å². The van der Waals surface area contributed by atoms with Gasteiger partial charge >= 0.3 is 5.97 Å². The van der Waals surface area contributed by atoms with Crippen LogP contribution in [0.25, 0.3) is 0 Å². The van der Waals surface area contributed by atoms with Crippen LogP contribution in [0, 0.1) is 12.8 Å². The molecule has 5 nitrogen and oxygen atoms in total. The van der Waals surface area contributed by atoms with E-state index in [0.717, 1.165) is 0 Å². The molecular formula is C10H12N2O3. The number of rotatable bonds is 2. The number of aliphatic carboxylic acids is 1. The standard InChI is InChI=1S/C10H12N2O3/c1-6-11-9(15-12-6)7-4-2-3-5-8(7)10(13)14/h2-3,7-8H,4-5H2,1H3,(H,13,14). The van der Waals surface area contributed by atoms with E-state index in [9.17, 15) is 4.79 Å². The molecule has 1 aliphatic carbocycles. The minimum atomic E-state index is -0.805. The summed E-state index contributed by atoms with van der Waals surface area (Å²) in [6, 6.07) is 0. The summed E-state index contributed by atoms with van der Waals surface area (Å²) in [6.07, 6.45) is 5.03. The number of aryl methyl sites for hydroxylation is 1. The Kier molecular flexibility index (Phi) is 2.53. The topological polar surface area (TPSA) is 76.2 Å². The predicted molar refractivity (Wildman–Crippen MR) is 51.3 cm³/mol. The zero-order valence-electron chi connectivity index (χ0n) is 8.38. The van der Waals surface area contributed by atoms with Crippen LogP contribution in [0.3, 0.4) is 0 Å². The van der Waals surface area contributed by atoms with Crippen LogP contribution in [-0.4, -0.2) is 21.2 Å². The van der Waals surface area contributed by atoms with E-state index in [1.807, 2.05) is 12.2 Å². The van der Waals surface area contributed by atoms with E-state index < -0.39 is 11.9 Å². The van der Waals surface area contributed by atoms with Crippen molar-refractivity contribution < 1.29 is 14.4 Å². The Morgan fingerprint density at radius 2 is 2.27 bits per heavy atom. The largest absolute Gasteiger partial charge is 0.481 e. The van der Waals surface area contributed by atoms with Gasteiger partial charge in [0.05, 0.1) is 11.8 Å². The SMILES string of the molecule is Cc1noc(C2CC=CCC2C(=O)O)n1. The van der Waals surface area contributed by atoms with Crippen molar-refractivity contribution in [3.8, 4) is 0 Å². The highest BCUT2D eigenvalue weighted by Gasteiger charge is 2.33. The van der Waals surface area contributed by atoms with Gasteiger partial charge in [0.2, 0.25) is 5.89 Å². The third kappa shape index (κ3) is 1.91. The number of carbonyl (C=O) groups is 1. The van der Waals surface area contributed by atoms with Gasteiger partial charge in [-0.05, 0) is 19.8 Å². The molecule has 0 spiro atoms. The van der Waals surface area contributed by atoms with Gasteiger partial charge in [0.15, 0.2) is 5.82 Å². The number of carboxylic acid groups (broad SMARTS) is 1. The van der Waals surface area contributed by atoms with E-state index in [0.29, 0.717) is 24.6 Å². The van der Waals surface area contributed by atoms with E-state index >= 15 is 0 Å². The molecule has 1 aromatic rings. The molecule has 2 atom stereocenters. The molecule has 1 N–H and O–H groups in total. The molecule has 0 radical (unpaired) electrons. The van der Waals surface area contributed by atoms with Crippen molar-refractivity contribution in [2.45, 2.75) is 25.7 Å². The average molecular weight is 208 g/mol. The first kappa shape index (κ1) is 9.89. The Labute approximate surface area is 86.8 Å². The maximum Gasteiger partial charge on any atom is 0.307 e. The first-order valence-electron chi connectivity index (χ1n) is 4.86. The molecule has 0 bridgehead atoms. The van der Waals surface area contributed by atoms with Gasteiger partial charge in [0.25, 0.3) is 0 Å². The molecule has 0 aliphatic heterocycles. The fourth-order valence-electron chi connectivity index (χ4n) is 1.82. The summed E-state index contributed by atoms with van der Waals surface area (Å²) >= 11 is 0. The lowest BCUT2D eigenvalue weighted by molar-refractivity contribution is -0.142. The van der Waals surface area contributed by atoms with Crippen LogP contribution in [0.4, 0.5) is 0 Å². The van der Waals surface area contributed by atoms with Gasteiger partial charge in [-0.15, -0.1) is 0 Å². The number of carboxylic acids is 1. The van der Waals surface area contributed by atoms with Crippen molar-refractivity contribution in [3.05, 3.63) is 23.9 Å². The first-order valence-corrected chi connectivity index (χ1v) is 4.86. The number of hydrogen-bond acceptors (Lipinski definition) is 4. The third-order valence-corrected chi connectivity index (χ3v) is 2.61. The molecule has 1 aromatic heterocycles. The molecule has 1 aliphatic rings. The van der Waals surface area contributed by atoms with Crippen molar-refractivity contribution in [1.29, 1.82) is 0 Å². The number of hydrogen-bond donors (Lipinski definition) is 1. The molecule has 0 fully saturated rings. The van der Waals surface area contributed by atoms with Gasteiger partial charge in [0, 0.05) is 0 Å². The van der Waals surface area contributed by atoms with Crippen LogP contribution < -0.4 is 0 Å². The summed E-state index contributed by atoms with van der Waals surface area (Å²) in [5, 5.41) is 12.7. The molecule has 15 heavy (non-hydrogen) atoms. The van der Waals surface area contributed by atoms with Gasteiger partial charge in [0.1, 0.15) is 0 Å². The summed E-state index contributed by atoms with van der Waals surface area (Å²) in [4.78, 5) is 15.1. The van der Waals surface area contributed by atoms with Crippen molar-refractivity contribution >= 4 is 5.97 Å². The maximum atomic E-state index is 11.0. The van der Waals surface area contributed by atoms with Crippen LogP contribution >= 0.6 is 0 Å². The minimum Gasteiger partial charge on any atom is -0.481 e.